The van der Waals surface area contributed by atoms with Crippen LogP contribution in [0.5, 0.6) is 11.5 Å². The maximum atomic E-state index is 6.41. The lowest BCUT2D eigenvalue weighted by molar-refractivity contribution is 0.0459. The van der Waals surface area contributed by atoms with Crippen molar-refractivity contribution < 1.29 is 4.74 Å². The summed E-state index contributed by atoms with van der Waals surface area (Å²) in [6.45, 7) is 14.4. The number of benzene rings is 2. The zero-order chi connectivity index (χ0) is 29.3. The van der Waals surface area contributed by atoms with Gasteiger partial charge in [0.05, 0.1) is 11.4 Å². The summed E-state index contributed by atoms with van der Waals surface area (Å²) in [5, 5.41) is 5.95. The van der Waals surface area contributed by atoms with E-state index >= 15 is 0 Å². The van der Waals surface area contributed by atoms with Gasteiger partial charge in [0.15, 0.2) is 5.65 Å². The first-order valence-electron chi connectivity index (χ1n) is 16.0. The molecule has 9 heteroatoms. The summed E-state index contributed by atoms with van der Waals surface area (Å²) >= 11 is 0. The minimum Gasteiger partial charge on any atom is -0.457 e. The fourth-order valence-corrected chi connectivity index (χ4v) is 7.21. The summed E-state index contributed by atoms with van der Waals surface area (Å²) in [6.07, 6.45) is 5.02. The molecule has 1 unspecified atom stereocenters. The first-order chi connectivity index (χ1) is 21.0. The van der Waals surface area contributed by atoms with Crippen molar-refractivity contribution in [2.75, 3.05) is 58.1 Å². The average molecular weight is 581 g/mol. The predicted molar refractivity (Wildman–Crippen MR) is 171 cm³/mol. The molecule has 0 radical (unpaired) electrons. The van der Waals surface area contributed by atoms with Crippen molar-refractivity contribution in [1.82, 2.24) is 34.4 Å². The molecule has 2 aromatic heterocycles. The molecule has 3 aliphatic heterocycles. The van der Waals surface area contributed by atoms with Crippen molar-refractivity contribution in [3.8, 4) is 22.8 Å². The number of fused-ring (bicyclic) bond motifs is 1. The molecule has 43 heavy (non-hydrogen) atoms. The molecule has 2 N–H and O–H groups in total. The number of rotatable bonds is 9. The Morgan fingerprint density at radius 3 is 2.26 bits per heavy atom. The minimum absolute atomic E-state index is 0.296. The quantitative estimate of drug-likeness (QED) is 0.290. The highest BCUT2D eigenvalue weighted by molar-refractivity contribution is 5.98. The van der Waals surface area contributed by atoms with Gasteiger partial charge in [0.25, 0.3) is 0 Å². The van der Waals surface area contributed by atoms with E-state index in [1.54, 1.807) is 6.33 Å². The SMILES string of the molecule is CC(C)N1CC(CN2CCC(CN3CCC(n4nc(-c5ccc(Oc6ccccc6)cc5)c5c(N)ncnc54)CC3)C2)C1. The number of hydrogen-bond donors (Lipinski definition) is 1. The molecular formula is C34H44N8O. The smallest absolute Gasteiger partial charge is 0.164 e. The van der Waals surface area contributed by atoms with Gasteiger partial charge in [0.2, 0.25) is 0 Å². The monoisotopic (exact) mass is 580 g/mol. The van der Waals surface area contributed by atoms with E-state index < -0.39 is 0 Å². The van der Waals surface area contributed by atoms with E-state index in [0.29, 0.717) is 17.9 Å². The molecule has 0 aliphatic carbocycles. The van der Waals surface area contributed by atoms with E-state index in [1.807, 2.05) is 54.6 Å². The zero-order valence-corrected chi connectivity index (χ0v) is 25.5. The van der Waals surface area contributed by atoms with E-state index in [-0.39, 0.29) is 0 Å². The molecule has 0 spiro atoms. The number of likely N-dealkylation sites (tertiary alicyclic amines) is 3. The van der Waals surface area contributed by atoms with Gasteiger partial charge < -0.3 is 25.2 Å². The van der Waals surface area contributed by atoms with Crippen molar-refractivity contribution >= 4 is 16.9 Å². The minimum atomic E-state index is 0.296. The molecule has 1 atom stereocenters. The Labute approximate surface area is 254 Å². The van der Waals surface area contributed by atoms with Crippen LogP contribution in [0.2, 0.25) is 0 Å². The third-order valence-electron chi connectivity index (χ3n) is 9.65. The molecule has 3 saturated heterocycles. The molecule has 4 aromatic rings. The van der Waals surface area contributed by atoms with Crippen LogP contribution in [0.25, 0.3) is 22.3 Å². The molecule has 0 amide bonds. The van der Waals surface area contributed by atoms with Gasteiger partial charge in [-0.05, 0) is 87.9 Å². The molecule has 2 aromatic carbocycles. The van der Waals surface area contributed by atoms with Crippen molar-refractivity contribution in [3.63, 3.8) is 0 Å². The van der Waals surface area contributed by atoms with Crippen LogP contribution in [-0.2, 0) is 0 Å². The summed E-state index contributed by atoms with van der Waals surface area (Å²) < 4.78 is 8.11. The second-order valence-electron chi connectivity index (χ2n) is 13.0. The van der Waals surface area contributed by atoms with Gasteiger partial charge in [0, 0.05) is 57.4 Å². The third kappa shape index (κ3) is 6.12. The number of ether oxygens (including phenoxy) is 1. The highest BCUT2D eigenvalue weighted by atomic mass is 16.5. The number of nitrogens with two attached hydrogens (primary N) is 1. The first-order valence-corrected chi connectivity index (χ1v) is 16.0. The second-order valence-corrected chi connectivity index (χ2v) is 13.0. The van der Waals surface area contributed by atoms with Gasteiger partial charge in [-0.1, -0.05) is 18.2 Å². The number of aromatic nitrogens is 4. The van der Waals surface area contributed by atoms with Crippen LogP contribution in [0.15, 0.2) is 60.9 Å². The molecule has 9 nitrogen and oxygen atoms in total. The Morgan fingerprint density at radius 2 is 1.51 bits per heavy atom. The molecule has 226 valence electrons. The first kappa shape index (κ1) is 28.3. The van der Waals surface area contributed by atoms with Crippen LogP contribution in [0.3, 0.4) is 0 Å². The van der Waals surface area contributed by atoms with Crippen molar-refractivity contribution in [2.45, 2.75) is 45.2 Å². The second kappa shape index (κ2) is 12.2. The zero-order valence-electron chi connectivity index (χ0n) is 25.5. The van der Waals surface area contributed by atoms with Crippen LogP contribution in [0.1, 0.15) is 39.2 Å². The Morgan fingerprint density at radius 1 is 0.814 bits per heavy atom. The van der Waals surface area contributed by atoms with Crippen LogP contribution >= 0.6 is 0 Å². The van der Waals surface area contributed by atoms with Gasteiger partial charge in [0.1, 0.15) is 29.3 Å². The highest BCUT2D eigenvalue weighted by Crippen LogP contribution is 2.35. The van der Waals surface area contributed by atoms with Crippen molar-refractivity contribution in [2.24, 2.45) is 11.8 Å². The van der Waals surface area contributed by atoms with Crippen molar-refractivity contribution in [3.05, 3.63) is 60.9 Å². The molecule has 5 heterocycles. The molecule has 0 bridgehead atoms. The van der Waals surface area contributed by atoms with Crippen LogP contribution in [-0.4, -0.2) is 92.8 Å². The Balaban J connectivity index is 0.979. The van der Waals surface area contributed by atoms with Gasteiger partial charge >= 0.3 is 0 Å². The number of nitrogen functional groups attached to an aromatic ring is 1. The molecular weight excluding hydrogens is 536 g/mol. The number of para-hydroxylation sites is 1. The summed E-state index contributed by atoms with van der Waals surface area (Å²) in [5.41, 5.74) is 9.04. The number of anilines is 1. The average Bonchev–Trinajstić information content (AvgIpc) is 3.61. The molecule has 0 saturated carbocycles. The Hall–Kier alpha value is -3.53. The van der Waals surface area contributed by atoms with Crippen molar-refractivity contribution in [1.29, 1.82) is 0 Å². The van der Waals surface area contributed by atoms with E-state index in [4.69, 9.17) is 15.6 Å². The highest BCUT2D eigenvalue weighted by Gasteiger charge is 2.33. The largest absolute Gasteiger partial charge is 0.457 e. The molecule has 3 aliphatic rings. The van der Waals surface area contributed by atoms with Gasteiger partial charge in [-0.15, -0.1) is 0 Å². The van der Waals surface area contributed by atoms with Gasteiger partial charge in [-0.2, -0.15) is 5.10 Å². The van der Waals surface area contributed by atoms with Crippen LogP contribution < -0.4 is 10.5 Å². The Bertz CT molecular complexity index is 1510. The lowest BCUT2D eigenvalue weighted by Crippen LogP contribution is -2.53. The van der Waals surface area contributed by atoms with E-state index in [0.717, 1.165) is 71.6 Å². The fourth-order valence-electron chi connectivity index (χ4n) is 7.21. The van der Waals surface area contributed by atoms with Crippen LogP contribution in [0.4, 0.5) is 5.82 Å². The van der Waals surface area contributed by atoms with E-state index in [9.17, 15) is 0 Å². The maximum absolute atomic E-state index is 6.41. The normalized spacial score (nSPS) is 21.1. The third-order valence-corrected chi connectivity index (χ3v) is 9.65. The summed E-state index contributed by atoms with van der Waals surface area (Å²) in [5.74, 6) is 3.71. The number of nitrogens with zero attached hydrogens (tertiary/aromatic N) is 7. The maximum Gasteiger partial charge on any atom is 0.164 e. The summed E-state index contributed by atoms with van der Waals surface area (Å²) in [4.78, 5) is 17.0. The van der Waals surface area contributed by atoms with Gasteiger partial charge in [-0.25, -0.2) is 14.6 Å². The Kier molecular flexibility index (Phi) is 8.03. The van der Waals surface area contributed by atoms with Crippen LogP contribution in [0, 0.1) is 11.8 Å². The predicted octanol–water partition coefficient (Wildman–Crippen LogP) is 5.17. The van der Waals surface area contributed by atoms with E-state index in [2.05, 4.69) is 43.2 Å². The lowest BCUT2D eigenvalue weighted by atomic mass is 9.98. The lowest BCUT2D eigenvalue weighted by Gasteiger charge is -2.43. The van der Waals surface area contributed by atoms with Gasteiger partial charge in [-0.3, -0.25) is 0 Å². The van der Waals surface area contributed by atoms with E-state index in [1.165, 1.54) is 45.7 Å². The topological polar surface area (TPSA) is 88.6 Å². The fraction of sp³-hybridized carbons (Fsp3) is 0.500. The summed E-state index contributed by atoms with van der Waals surface area (Å²) in [6, 6.07) is 18.8. The summed E-state index contributed by atoms with van der Waals surface area (Å²) in [7, 11) is 0. The standard InChI is InChI=1S/C34H44N8O/c1-24(2)41-21-26(22-41)20-40-15-12-25(19-40)18-39-16-13-28(14-17-39)42-34-31(33(35)36-23-37-34)32(38-42)27-8-10-30(11-9-27)43-29-6-4-3-5-7-29/h3-11,23-26,28H,12-22H2,1-2H3,(H2,35,36,37). The molecule has 3 fully saturated rings. The number of hydrogen-bond acceptors (Lipinski definition) is 8. The molecule has 7 rings (SSSR count). The number of piperidine rings is 1.